The van der Waals surface area contributed by atoms with Gasteiger partial charge in [0.15, 0.2) is 0 Å². The lowest BCUT2D eigenvalue weighted by Crippen LogP contribution is -2.18. The summed E-state index contributed by atoms with van der Waals surface area (Å²) in [7, 11) is 4.04. The average molecular weight is 583 g/mol. The zero-order valence-electron chi connectivity index (χ0n) is 23.5. The van der Waals surface area contributed by atoms with Crippen LogP contribution < -0.4 is 15.8 Å². The van der Waals surface area contributed by atoms with Gasteiger partial charge in [0.1, 0.15) is 10.8 Å². The van der Waals surface area contributed by atoms with Crippen molar-refractivity contribution >= 4 is 40.0 Å². The number of rotatable bonds is 8. The summed E-state index contributed by atoms with van der Waals surface area (Å²) in [5.41, 5.74) is 10.9. The summed E-state index contributed by atoms with van der Waals surface area (Å²) < 4.78 is 41.1. The molecule has 0 atom stereocenters. The molecule has 1 aliphatic rings. The summed E-state index contributed by atoms with van der Waals surface area (Å²) in [6.45, 7) is 10.4. The molecule has 1 aromatic heterocycles. The Morgan fingerprint density at radius 2 is 1.85 bits per heavy atom. The van der Waals surface area contributed by atoms with Crippen molar-refractivity contribution in [1.82, 2.24) is 9.88 Å². The van der Waals surface area contributed by atoms with Crippen molar-refractivity contribution in [3.8, 4) is 5.75 Å². The van der Waals surface area contributed by atoms with Gasteiger partial charge in [-0.05, 0) is 94.4 Å². The molecular formula is C28H37F3N4O2S2. The van der Waals surface area contributed by atoms with Crippen LogP contribution in [0.2, 0.25) is 0 Å². The van der Waals surface area contributed by atoms with E-state index in [0.717, 1.165) is 59.7 Å². The molecule has 214 valence electrons. The molecule has 0 unspecified atom stereocenters. The van der Waals surface area contributed by atoms with Gasteiger partial charge in [0.05, 0.1) is 4.91 Å². The maximum absolute atomic E-state index is 13.1. The van der Waals surface area contributed by atoms with Gasteiger partial charge in [0.2, 0.25) is 0 Å². The number of halogens is 3. The fourth-order valence-corrected chi connectivity index (χ4v) is 5.95. The van der Waals surface area contributed by atoms with Crippen LogP contribution in [0.25, 0.3) is 4.91 Å². The van der Waals surface area contributed by atoms with E-state index < -0.39 is 12.3 Å². The van der Waals surface area contributed by atoms with E-state index >= 15 is 0 Å². The van der Waals surface area contributed by atoms with Crippen molar-refractivity contribution in [2.45, 2.75) is 65.4 Å². The second-order valence-electron chi connectivity index (χ2n) is 8.92. The van der Waals surface area contributed by atoms with Crippen molar-refractivity contribution in [2.75, 3.05) is 25.2 Å². The third-order valence-corrected chi connectivity index (χ3v) is 7.95. The number of ether oxygens (including phenoxy) is 1. The summed E-state index contributed by atoms with van der Waals surface area (Å²) in [5.74, 6) is 0.207. The SMILES string of the molecule is C/C(N)=C(\Sc1nc(C)c(CN(C)C)c(C2=CCCCS2)c1C)C(=O)Nc1ccc(OC(F)(F)F)cc1.CC. The van der Waals surface area contributed by atoms with Gasteiger partial charge in [-0.25, -0.2) is 4.98 Å². The fourth-order valence-electron chi connectivity index (χ4n) is 3.82. The number of carbonyl (C=O) groups excluding carboxylic acids is 1. The Labute approximate surface area is 237 Å². The smallest absolute Gasteiger partial charge is 0.406 e. The molecule has 0 saturated heterocycles. The first-order valence-corrected chi connectivity index (χ1v) is 14.5. The summed E-state index contributed by atoms with van der Waals surface area (Å²) in [4.78, 5) is 21.6. The number of nitrogens with zero attached hydrogens (tertiary/aromatic N) is 2. The molecule has 0 radical (unpaired) electrons. The molecule has 6 nitrogen and oxygen atoms in total. The number of anilines is 1. The van der Waals surface area contributed by atoms with Gasteiger partial charge in [-0.3, -0.25) is 4.79 Å². The number of nitrogens with one attached hydrogen (secondary N) is 1. The van der Waals surface area contributed by atoms with Gasteiger partial charge in [-0.1, -0.05) is 31.7 Å². The van der Waals surface area contributed by atoms with Crippen molar-refractivity contribution in [3.05, 3.63) is 63.3 Å². The van der Waals surface area contributed by atoms with Gasteiger partial charge >= 0.3 is 6.36 Å². The molecule has 0 spiro atoms. The highest BCUT2D eigenvalue weighted by molar-refractivity contribution is 8.08. The lowest BCUT2D eigenvalue weighted by atomic mass is 10.00. The van der Waals surface area contributed by atoms with E-state index in [-0.39, 0.29) is 10.7 Å². The van der Waals surface area contributed by atoms with E-state index in [1.54, 1.807) is 6.92 Å². The fraction of sp³-hybridized carbons (Fsp3) is 0.429. The topological polar surface area (TPSA) is 80.5 Å². The minimum absolute atomic E-state index is 0.266. The zero-order chi connectivity index (χ0) is 29.3. The molecule has 1 amide bonds. The Bertz CT molecular complexity index is 1210. The van der Waals surface area contributed by atoms with Crippen LogP contribution in [0.3, 0.4) is 0 Å². The van der Waals surface area contributed by atoms with Crippen LogP contribution in [0.4, 0.5) is 18.9 Å². The lowest BCUT2D eigenvalue weighted by molar-refractivity contribution is -0.274. The molecule has 0 fully saturated rings. The van der Waals surface area contributed by atoms with Crippen molar-refractivity contribution < 1.29 is 22.7 Å². The summed E-state index contributed by atoms with van der Waals surface area (Å²) >= 11 is 3.03. The Morgan fingerprint density at radius 3 is 2.36 bits per heavy atom. The van der Waals surface area contributed by atoms with Crippen LogP contribution in [0.15, 0.2) is 46.0 Å². The molecule has 1 aliphatic heterocycles. The Hall–Kier alpha value is -2.63. The van der Waals surface area contributed by atoms with E-state index in [9.17, 15) is 18.0 Å². The molecule has 0 bridgehead atoms. The minimum atomic E-state index is -4.79. The summed E-state index contributed by atoms with van der Waals surface area (Å²) in [6.07, 6.45) is -0.350. The van der Waals surface area contributed by atoms with E-state index in [0.29, 0.717) is 16.4 Å². The number of benzene rings is 1. The zero-order valence-corrected chi connectivity index (χ0v) is 25.1. The van der Waals surface area contributed by atoms with Crippen LogP contribution in [0.1, 0.15) is 56.0 Å². The first-order valence-electron chi connectivity index (χ1n) is 12.6. The number of thioether (sulfide) groups is 2. The molecule has 3 rings (SSSR count). The number of aromatic nitrogens is 1. The number of pyridine rings is 1. The number of aryl methyl sites for hydroxylation is 1. The second kappa shape index (κ2) is 14.7. The van der Waals surface area contributed by atoms with E-state index in [1.807, 2.05) is 53.6 Å². The average Bonchev–Trinajstić information content (AvgIpc) is 2.87. The maximum Gasteiger partial charge on any atom is 0.573 e. The Morgan fingerprint density at radius 1 is 1.21 bits per heavy atom. The molecule has 1 aromatic carbocycles. The number of amides is 1. The number of hydrogen-bond donors (Lipinski definition) is 2. The molecule has 39 heavy (non-hydrogen) atoms. The number of allylic oxidation sites excluding steroid dienone is 2. The van der Waals surface area contributed by atoms with Crippen molar-refractivity contribution in [3.63, 3.8) is 0 Å². The number of carbonyl (C=O) groups is 1. The van der Waals surface area contributed by atoms with Crippen LogP contribution >= 0.6 is 23.5 Å². The minimum Gasteiger partial charge on any atom is -0.406 e. The molecule has 3 N–H and O–H groups in total. The summed E-state index contributed by atoms with van der Waals surface area (Å²) in [5, 5.41) is 3.38. The first kappa shape index (κ1) is 32.6. The molecule has 2 aromatic rings. The number of nitrogens with two attached hydrogens (primary N) is 1. The van der Waals surface area contributed by atoms with Crippen LogP contribution in [-0.2, 0) is 11.3 Å². The first-order chi connectivity index (χ1) is 18.4. The highest BCUT2D eigenvalue weighted by atomic mass is 32.2. The monoisotopic (exact) mass is 582 g/mol. The predicted molar refractivity (Wildman–Crippen MR) is 157 cm³/mol. The Balaban J connectivity index is 0.00000260. The highest BCUT2D eigenvalue weighted by Crippen LogP contribution is 2.41. The van der Waals surface area contributed by atoms with Crippen LogP contribution in [-0.4, -0.2) is 42.0 Å². The van der Waals surface area contributed by atoms with Crippen LogP contribution in [0, 0.1) is 13.8 Å². The van der Waals surface area contributed by atoms with Crippen LogP contribution in [0.5, 0.6) is 5.75 Å². The Kier molecular flexibility index (Phi) is 12.3. The van der Waals surface area contributed by atoms with E-state index in [2.05, 4.69) is 21.0 Å². The molecular weight excluding hydrogens is 545 g/mol. The number of alkyl halides is 3. The van der Waals surface area contributed by atoms with Gasteiger partial charge < -0.3 is 20.7 Å². The highest BCUT2D eigenvalue weighted by Gasteiger charge is 2.31. The van der Waals surface area contributed by atoms with Crippen molar-refractivity contribution in [2.24, 2.45) is 5.73 Å². The van der Waals surface area contributed by atoms with E-state index in [1.165, 1.54) is 28.8 Å². The third kappa shape index (κ3) is 9.51. The molecule has 11 heteroatoms. The lowest BCUT2D eigenvalue weighted by Gasteiger charge is -2.24. The van der Waals surface area contributed by atoms with Crippen molar-refractivity contribution in [1.29, 1.82) is 0 Å². The quantitative estimate of drug-likeness (QED) is 0.247. The van der Waals surface area contributed by atoms with Gasteiger partial charge in [0, 0.05) is 28.5 Å². The second-order valence-corrected chi connectivity index (χ2v) is 11.1. The van der Waals surface area contributed by atoms with Gasteiger partial charge in [-0.2, -0.15) is 0 Å². The van der Waals surface area contributed by atoms with Gasteiger partial charge in [0.25, 0.3) is 5.91 Å². The van der Waals surface area contributed by atoms with E-state index in [4.69, 9.17) is 10.7 Å². The molecule has 0 aliphatic carbocycles. The third-order valence-electron chi connectivity index (χ3n) is 5.47. The maximum atomic E-state index is 13.1. The molecule has 0 saturated carbocycles. The standard InChI is InChI=1S/C26H31F3N4O2S2.C2H6/c1-15-22(21-8-6-7-13-36-21)20(14-33(4)5)17(3)31-25(15)37-23(16(2)30)24(34)32-18-9-11-19(12-10-18)35-26(27,28)29;1-2/h8-12H,6-7,13-14,30H2,1-5H3,(H,32,34);1-2H3/b23-16+;. The largest absolute Gasteiger partial charge is 0.573 e. The normalized spacial score (nSPS) is 14.2. The molecule has 2 heterocycles. The predicted octanol–water partition coefficient (Wildman–Crippen LogP) is 7.47. The number of hydrogen-bond acceptors (Lipinski definition) is 7. The van der Waals surface area contributed by atoms with Gasteiger partial charge in [-0.15, -0.1) is 24.9 Å². The summed E-state index contributed by atoms with van der Waals surface area (Å²) in [6, 6.07) is 4.94.